The predicted octanol–water partition coefficient (Wildman–Crippen LogP) is 5.01. The molecular formula is C33H29NO3. The summed E-state index contributed by atoms with van der Waals surface area (Å²) in [5.41, 5.74) is 5.61. The first kappa shape index (κ1) is 24.3. The Balaban J connectivity index is 0.000000348. The number of carbonyl (C=O) groups excluding carboxylic acids is 2. The molecule has 1 N–H and O–H groups in total. The lowest BCUT2D eigenvalue weighted by atomic mass is 9.82. The average Bonchev–Trinajstić information content (AvgIpc) is 3.26. The van der Waals surface area contributed by atoms with Gasteiger partial charge in [0.05, 0.1) is 5.56 Å². The van der Waals surface area contributed by atoms with Gasteiger partial charge in [-0.1, -0.05) is 72.8 Å². The zero-order valence-electron chi connectivity index (χ0n) is 20.8. The first-order valence-electron chi connectivity index (χ1n) is 12.6. The normalized spacial score (nSPS) is 16.2. The summed E-state index contributed by atoms with van der Waals surface area (Å²) in [4.78, 5) is 24.8. The summed E-state index contributed by atoms with van der Waals surface area (Å²) >= 11 is 0. The third-order valence-electron chi connectivity index (χ3n) is 6.76. The van der Waals surface area contributed by atoms with Crippen LogP contribution in [0.4, 0.5) is 0 Å². The Morgan fingerprint density at radius 2 is 1.57 bits per heavy atom. The first-order valence-corrected chi connectivity index (χ1v) is 12.6. The zero-order valence-corrected chi connectivity index (χ0v) is 20.8. The first-order chi connectivity index (χ1) is 18.1. The van der Waals surface area contributed by atoms with Gasteiger partial charge in [0.1, 0.15) is 5.75 Å². The smallest absolute Gasteiger partial charge is 0.308 e. The lowest BCUT2D eigenvalue weighted by Gasteiger charge is -2.22. The third kappa shape index (κ3) is 5.39. The lowest BCUT2D eigenvalue weighted by molar-refractivity contribution is -0.131. The molecule has 1 aliphatic heterocycles. The van der Waals surface area contributed by atoms with Gasteiger partial charge in [-0.05, 0) is 76.2 Å². The minimum atomic E-state index is -0.421. The Labute approximate surface area is 217 Å². The number of para-hydroxylation sites is 1. The molecule has 4 nitrogen and oxygen atoms in total. The highest BCUT2D eigenvalue weighted by molar-refractivity contribution is 6.04. The van der Waals surface area contributed by atoms with Gasteiger partial charge >= 0.3 is 5.97 Å². The summed E-state index contributed by atoms with van der Waals surface area (Å²) < 4.78 is 5.28. The van der Waals surface area contributed by atoms with Gasteiger partial charge < -0.3 is 10.1 Å². The molecule has 0 saturated heterocycles. The molecule has 37 heavy (non-hydrogen) atoms. The summed E-state index contributed by atoms with van der Waals surface area (Å²) in [6.45, 7) is 1.35. The van der Waals surface area contributed by atoms with Gasteiger partial charge in [0.15, 0.2) is 5.78 Å². The second kappa shape index (κ2) is 11.1. The van der Waals surface area contributed by atoms with Crippen LogP contribution in [0, 0.1) is 5.92 Å². The van der Waals surface area contributed by atoms with Crippen molar-refractivity contribution in [2.24, 2.45) is 5.92 Å². The van der Waals surface area contributed by atoms with Crippen molar-refractivity contribution in [3.63, 3.8) is 0 Å². The average molecular weight is 488 g/mol. The van der Waals surface area contributed by atoms with Crippen LogP contribution in [0.5, 0.6) is 5.75 Å². The number of esters is 1. The highest BCUT2D eigenvalue weighted by Gasteiger charge is 2.25. The number of aryl methyl sites for hydroxylation is 1. The number of hydrogen-bond acceptors (Lipinski definition) is 4. The van der Waals surface area contributed by atoms with Crippen LogP contribution >= 0.6 is 0 Å². The Bertz CT molecular complexity index is 1540. The molecule has 3 aromatic rings. The molecule has 3 aliphatic rings. The SMILES string of the molecule is C1=CC=CNC=C1.CC(=O)Oc1ccccc1C(=O)C1C=c2c(ccc3c2=CCc2ccccc2-3)CC1. The lowest BCUT2D eigenvalue weighted by Crippen LogP contribution is -2.37. The van der Waals surface area contributed by atoms with Crippen LogP contribution < -0.4 is 20.5 Å². The highest BCUT2D eigenvalue weighted by Crippen LogP contribution is 2.28. The molecule has 0 bridgehead atoms. The fourth-order valence-corrected chi connectivity index (χ4v) is 5.05. The van der Waals surface area contributed by atoms with E-state index in [9.17, 15) is 9.59 Å². The van der Waals surface area contributed by atoms with Crippen molar-refractivity contribution in [2.45, 2.75) is 26.2 Å². The van der Waals surface area contributed by atoms with Crippen LogP contribution in [0.15, 0.2) is 97.4 Å². The van der Waals surface area contributed by atoms with Crippen LogP contribution in [-0.4, -0.2) is 11.8 Å². The van der Waals surface area contributed by atoms with Crippen molar-refractivity contribution in [1.29, 1.82) is 0 Å². The van der Waals surface area contributed by atoms with Crippen molar-refractivity contribution in [1.82, 2.24) is 5.32 Å². The molecule has 0 saturated carbocycles. The van der Waals surface area contributed by atoms with E-state index in [1.54, 1.807) is 18.2 Å². The topological polar surface area (TPSA) is 55.4 Å². The van der Waals surface area contributed by atoms with E-state index in [1.165, 1.54) is 39.6 Å². The van der Waals surface area contributed by atoms with E-state index >= 15 is 0 Å². The second-order valence-electron chi connectivity index (χ2n) is 9.20. The van der Waals surface area contributed by atoms with E-state index in [-0.39, 0.29) is 11.7 Å². The van der Waals surface area contributed by atoms with Gasteiger partial charge in [-0.3, -0.25) is 9.59 Å². The maximum Gasteiger partial charge on any atom is 0.308 e. The Morgan fingerprint density at radius 1 is 0.811 bits per heavy atom. The third-order valence-corrected chi connectivity index (χ3v) is 6.76. The molecule has 4 heteroatoms. The molecule has 1 atom stereocenters. The van der Waals surface area contributed by atoms with Gasteiger partial charge in [-0.15, -0.1) is 0 Å². The molecule has 0 radical (unpaired) electrons. The molecule has 0 spiro atoms. The summed E-state index contributed by atoms with van der Waals surface area (Å²) in [5.74, 6) is -0.307. The monoisotopic (exact) mass is 487 g/mol. The number of benzene rings is 3. The fourth-order valence-electron chi connectivity index (χ4n) is 5.05. The minimum Gasteiger partial charge on any atom is -0.426 e. The van der Waals surface area contributed by atoms with Crippen LogP contribution in [0.25, 0.3) is 23.3 Å². The highest BCUT2D eigenvalue weighted by atomic mass is 16.5. The molecule has 184 valence electrons. The number of Topliss-reactive ketones (excluding diaryl/α,β-unsaturated/α-hetero) is 1. The van der Waals surface area contributed by atoms with Gasteiger partial charge in [0.2, 0.25) is 0 Å². The summed E-state index contributed by atoms with van der Waals surface area (Å²) in [6, 6.07) is 19.9. The number of fused-ring (bicyclic) bond motifs is 5. The number of nitrogens with one attached hydrogen (secondary N) is 1. The van der Waals surface area contributed by atoms with E-state index in [4.69, 9.17) is 4.74 Å². The predicted molar refractivity (Wildman–Crippen MR) is 148 cm³/mol. The summed E-state index contributed by atoms with van der Waals surface area (Å²) in [5, 5.41) is 5.33. The molecule has 6 rings (SSSR count). The van der Waals surface area contributed by atoms with E-state index in [0.717, 1.165) is 19.3 Å². The molecule has 3 aromatic carbocycles. The Hall–Kier alpha value is -4.44. The second-order valence-corrected chi connectivity index (χ2v) is 9.20. The van der Waals surface area contributed by atoms with Crippen LogP contribution in [-0.2, 0) is 17.6 Å². The number of ketones is 1. The van der Waals surface area contributed by atoms with E-state index in [1.807, 2.05) is 42.8 Å². The molecule has 0 amide bonds. The van der Waals surface area contributed by atoms with Crippen molar-refractivity contribution in [3.05, 3.63) is 124 Å². The van der Waals surface area contributed by atoms with Gasteiger partial charge in [-0.25, -0.2) is 0 Å². The molecule has 1 unspecified atom stereocenters. The van der Waals surface area contributed by atoms with Gasteiger partial charge in [0.25, 0.3) is 0 Å². The van der Waals surface area contributed by atoms with Crippen molar-refractivity contribution < 1.29 is 14.3 Å². The van der Waals surface area contributed by atoms with Crippen LogP contribution in [0.1, 0.15) is 34.8 Å². The maximum atomic E-state index is 13.3. The number of ether oxygens (including phenoxy) is 1. The minimum absolute atomic E-state index is 0.00585. The van der Waals surface area contributed by atoms with Crippen LogP contribution in [0.2, 0.25) is 0 Å². The van der Waals surface area contributed by atoms with Crippen molar-refractivity contribution in [2.75, 3.05) is 0 Å². The molecule has 0 aromatic heterocycles. The quantitative estimate of drug-likeness (QED) is 0.320. The zero-order chi connectivity index (χ0) is 25.6. The van der Waals surface area contributed by atoms with Crippen molar-refractivity contribution in [3.8, 4) is 16.9 Å². The van der Waals surface area contributed by atoms with Gasteiger partial charge in [0, 0.05) is 25.2 Å². The number of hydrogen-bond donors (Lipinski definition) is 1. The molecular weight excluding hydrogens is 458 g/mol. The molecule has 0 fully saturated rings. The van der Waals surface area contributed by atoms with E-state index in [0.29, 0.717) is 11.3 Å². The Kier molecular flexibility index (Phi) is 7.27. The fraction of sp³-hybridized carbons (Fsp3) is 0.152. The maximum absolute atomic E-state index is 13.3. The van der Waals surface area contributed by atoms with Crippen LogP contribution in [0.3, 0.4) is 0 Å². The summed E-state index contributed by atoms with van der Waals surface area (Å²) in [7, 11) is 0. The van der Waals surface area contributed by atoms with E-state index < -0.39 is 5.97 Å². The van der Waals surface area contributed by atoms with E-state index in [2.05, 4.69) is 53.9 Å². The van der Waals surface area contributed by atoms with Gasteiger partial charge in [-0.2, -0.15) is 0 Å². The number of rotatable bonds is 3. The number of carbonyl (C=O) groups is 2. The largest absolute Gasteiger partial charge is 0.426 e. The molecule has 2 aliphatic carbocycles. The number of allylic oxidation sites excluding steroid dienone is 4. The summed E-state index contributed by atoms with van der Waals surface area (Å²) in [6.07, 6.45) is 18.5. The Morgan fingerprint density at radius 3 is 2.38 bits per heavy atom. The standard InChI is InChI=1S/C27H22O3.C6H7N/c1-17(28)30-26-9-5-4-8-24(26)27(29)20-11-10-19-13-14-22-21-7-3-2-6-18(21)12-15-23(22)25(19)16-20;1-2-4-6-7-5-3-1/h2-9,13-16,20H,10-12H2,1H3;1-7H. The van der Waals surface area contributed by atoms with Crippen molar-refractivity contribution >= 4 is 23.9 Å². The molecule has 1 heterocycles.